The number of fused-ring (bicyclic) bond motifs is 1. The number of pyridine rings is 1. The monoisotopic (exact) mass is 188 g/mol. The van der Waals surface area contributed by atoms with Crippen LogP contribution >= 0.6 is 0 Å². The zero-order valence-corrected chi connectivity index (χ0v) is 7.27. The predicted molar refractivity (Wildman–Crippen MR) is 53.1 cm³/mol. The van der Waals surface area contributed by atoms with Crippen LogP contribution in [0.5, 0.6) is 0 Å². The predicted octanol–water partition coefficient (Wildman–Crippen LogP) is 1.52. The van der Waals surface area contributed by atoms with Crippen molar-refractivity contribution in [2.45, 2.75) is 0 Å². The fraction of sp³-hybridized carbons (Fsp3) is 0. The van der Waals surface area contributed by atoms with E-state index < -0.39 is 5.97 Å². The number of rotatable bonds is 1. The number of nitrogens with two attached hydrogens (primary N) is 1. The first kappa shape index (κ1) is 8.50. The van der Waals surface area contributed by atoms with Crippen LogP contribution in [-0.2, 0) is 0 Å². The summed E-state index contributed by atoms with van der Waals surface area (Å²) < 4.78 is 0. The fourth-order valence-electron chi connectivity index (χ4n) is 1.31. The number of aromatic nitrogens is 1. The highest BCUT2D eigenvalue weighted by Crippen LogP contribution is 2.19. The fourth-order valence-corrected chi connectivity index (χ4v) is 1.31. The van der Waals surface area contributed by atoms with Gasteiger partial charge in [-0.3, -0.25) is 0 Å². The van der Waals surface area contributed by atoms with Crippen LogP contribution in [0.3, 0.4) is 0 Å². The van der Waals surface area contributed by atoms with Gasteiger partial charge < -0.3 is 10.8 Å². The number of hydrogen-bond acceptors (Lipinski definition) is 3. The van der Waals surface area contributed by atoms with Crippen molar-refractivity contribution in [2.75, 3.05) is 5.73 Å². The largest absolute Gasteiger partial charge is 0.477 e. The minimum Gasteiger partial charge on any atom is -0.477 e. The van der Waals surface area contributed by atoms with Crippen molar-refractivity contribution in [2.24, 2.45) is 0 Å². The third-order valence-corrected chi connectivity index (χ3v) is 1.97. The number of carbonyl (C=O) groups is 1. The number of carboxylic acid groups (broad SMARTS) is 1. The van der Waals surface area contributed by atoms with Gasteiger partial charge in [0.15, 0.2) is 5.69 Å². The molecule has 0 spiro atoms. The van der Waals surface area contributed by atoms with Crippen LogP contribution in [0.2, 0.25) is 0 Å². The Balaban J connectivity index is 2.78. The summed E-state index contributed by atoms with van der Waals surface area (Å²) in [7, 11) is 0. The summed E-state index contributed by atoms with van der Waals surface area (Å²) in [5.41, 5.74) is 6.70. The molecule has 70 valence electrons. The first-order valence-electron chi connectivity index (χ1n) is 4.07. The molecular formula is C10H8N2O2. The molecule has 0 amide bonds. The molecule has 4 heteroatoms. The lowest BCUT2D eigenvalue weighted by Gasteiger charge is -2.02. The summed E-state index contributed by atoms with van der Waals surface area (Å²) in [6.45, 7) is 0. The maximum atomic E-state index is 10.7. The Morgan fingerprint density at radius 3 is 2.79 bits per heavy atom. The lowest BCUT2D eigenvalue weighted by atomic mass is 10.1. The number of benzene rings is 1. The molecular weight excluding hydrogens is 180 g/mol. The summed E-state index contributed by atoms with van der Waals surface area (Å²) in [4.78, 5) is 14.6. The van der Waals surface area contributed by atoms with Gasteiger partial charge in [0, 0.05) is 11.1 Å². The van der Waals surface area contributed by atoms with E-state index in [-0.39, 0.29) is 5.69 Å². The van der Waals surface area contributed by atoms with Gasteiger partial charge in [-0.05, 0) is 12.1 Å². The molecule has 3 N–H and O–H groups in total. The van der Waals surface area contributed by atoms with Crippen molar-refractivity contribution in [1.82, 2.24) is 4.98 Å². The van der Waals surface area contributed by atoms with Gasteiger partial charge in [-0.2, -0.15) is 0 Å². The Morgan fingerprint density at radius 2 is 2.07 bits per heavy atom. The highest BCUT2D eigenvalue weighted by molar-refractivity contribution is 5.96. The minimum absolute atomic E-state index is 0.0267. The van der Waals surface area contributed by atoms with E-state index in [0.29, 0.717) is 11.2 Å². The van der Waals surface area contributed by atoms with E-state index in [2.05, 4.69) is 4.98 Å². The van der Waals surface area contributed by atoms with Crippen LogP contribution in [0.25, 0.3) is 10.9 Å². The number of hydrogen-bond donors (Lipinski definition) is 2. The van der Waals surface area contributed by atoms with Gasteiger partial charge in [0.05, 0.1) is 5.52 Å². The third kappa shape index (κ3) is 1.26. The van der Waals surface area contributed by atoms with Crippen LogP contribution in [0, 0.1) is 0 Å². The van der Waals surface area contributed by atoms with E-state index in [1.54, 1.807) is 12.1 Å². The molecule has 1 aromatic heterocycles. The summed E-state index contributed by atoms with van der Waals surface area (Å²) in [5, 5.41) is 9.53. The molecule has 0 fully saturated rings. The Kier molecular flexibility index (Phi) is 1.81. The van der Waals surface area contributed by atoms with Crippen molar-refractivity contribution < 1.29 is 9.90 Å². The molecule has 0 saturated heterocycles. The maximum Gasteiger partial charge on any atom is 0.354 e. The molecule has 0 unspecified atom stereocenters. The van der Waals surface area contributed by atoms with Crippen LogP contribution in [0.4, 0.5) is 5.69 Å². The summed E-state index contributed by atoms with van der Waals surface area (Å²) in [6.07, 6.45) is 0. The van der Waals surface area contributed by atoms with Crippen molar-refractivity contribution in [3.05, 3.63) is 36.0 Å². The second-order valence-electron chi connectivity index (χ2n) is 2.92. The Hall–Kier alpha value is -2.10. The number of anilines is 1. The molecule has 2 rings (SSSR count). The number of nitrogens with zero attached hydrogens (tertiary/aromatic N) is 1. The van der Waals surface area contributed by atoms with Gasteiger partial charge in [-0.25, -0.2) is 9.78 Å². The maximum absolute atomic E-state index is 10.7. The van der Waals surface area contributed by atoms with Gasteiger partial charge in [0.2, 0.25) is 0 Å². The average Bonchev–Trinajstić information content (AvgIpc) is 2.17. The lowest BCUT2D eigenvalue weighted by molar-refractivity contribution is 0.0691. The van der Waals surface area contributed by atoms with E-state index >= 15 is 0 Å². The Labute approximate surface area is 80.0 Å². The van der Waals surface area contributed by atoms with Crippen LogP contribution in [-0.4, -0.2) is 16.1 Å². The van der Waals surface area contributed by atoms with Crippen molar-refractivity contribution in [3.8, 4) is 0 Å². The molecule has 1 aromatic carbocycles. The smallest absolute Gasteiger partial charge is 0.354 e. The first-order chi connectivity index (χ1) is 6.68. The minimum atomic E-state index is -1.07. The van der Waals surface area contributed by atoms with Gasteiger partial charge in [0.25, 0.3) is 0 Å². The summed E-state index contributed by atoms with van der Waals surface area (Å²) in [5.74, 6) is -1.07. The molecule has 0 bridgehead atoms. The zero-order chi connectivity index (χ0) is 10.1. The average molecular weight is 188 g/mol. The molecule has 14 heavy (non-hydrogen) atoms. The molecule has 2 aromatic rings. The Bertz CT molecular complexity index is 508. The second kappa shape index (κ2) is 2.99. The molecule has 0 aliphatic carbocycles. The number of aromatic carboxylic acids is 1. The SMILES string of the molecule is Nc1cc(C(=O)O)nc2ccccc12. The normalized spacial score (nSPS) is 10.3. The van der Waals surface area contributed by atoms with Crippen LogP contribution < -0.4 is 5.73 Å². The van der Waals surface area contributed by atoms with Crippen molar-refractivity contribution >= 4 is 22.6 Å². The van der Waals surface area contributed by atoms with E-state index in [1.165, 1.54) is 6.07 Å². The summed E-state index contributed by atoms with van der Waals surface area (Å²) in [6, 6.07) is 8.54. The topological polar surface area (TPSA) is 76.2 Å². The van der Waals surface area contributed by atoms with Crippen molar-refractivity contribution in [3.63, 3.8) is 0 Å². The molecule has 1 heterocycles. The van der Waals surface area contributed by atoms with Crippen LogP contribution in [0.1, 0.15) is 10.5 Å². The van der Waals surface area contributed by atoms with E-state index in [0.717, 1.165) is 5.39 Å². The molecule has 0 radical (unpaired) electrons. The van der Waals surface area contributed by atoms with E-state index in [1.807, 2.05) is 12.1 Å². The number of carboxylic acids is 1. The lowest BCUT2D eigenvalue weighted by Crippen LogP contribution is -2.02. The Morgan fingerprint density at radius 1 is 1.36 bits per heavy atom. The second-order valence-corrected chi connectivity index (χ2v) is 2.92. The molecule has 0 saturated carbocycles. The van der Waals surface area contributed by atoms with Crippen molar-refractivity contribution in [1.29, 1.82) is 0 Å². The molecule has 0 atom stereocenters. The highest BCUT2D eigenvalue weighted by atomic mass is 16.4. The standard InChI is InChI=1S/C10H8N2O2/c11-7-5-9(10(13)14)12-8-4-2-1-3-6(7)8/h1-5H,(H2,11,12)(H,13,14). The highest BCUT2D eigenvalue weighted by Gasteiger charge is 2.07. The quantitative estimate of drug-likeness (QED) is 0.711. The zero-order valence-electron chi connectivity index (χ0n) is 7.27. The first-order valence-corrected chi connectivity index (χ1v) is 4.07. The summed E-state index contributed by atoms with van der Waals surface area (Å²) >= 11 is 0. The molecule has 4 nitrogen and oxygen atoms in total. The molecule has 0 aliphatic heterocycles. The van der Waals surface area contributed by atoms with Crippen LogP contribution in [0.15, 0.2) is 30.3 Å². The van der Waals surface area contributed by atoms with Gasteiger partial charge >= 0.3 is 5.97 Å². The van der Waals surface area contributed by atoms with Gasteiger partial charge in [0.1, 0.15) is 0 Å². The third-order valence-electron chi connectivity index (χ3n) is 1.97. The molecule has 0 aliphatic rings. The van der Waals surface area contributed by atoms with E-state index in [4.69, 9.17) is 10.8 Å². The van der Waals surface area contributed by atoms with E-state index in [9.17, 15) is 4.79 Å². The number of para-hydroxylation sites is 1. The number of nitrogen functional groups attached to an aromatic ring is 1. The van der Waals surface area contributed by atoms with Gasteiger partial charge in [-0.15, -0.1) is 0 Å². The van der Waals surface area contributed by atoms with Gasteiger partial charge in [-0.1, -0.05) is 18.2 Å².